The lowest BCUT2D eigenvalue weighted by molar-refractivity contribution is 0.475. The van der Waals surface area contributed by atoms with Crippen LogP contribution in [0, 0.1) is 6.92 Å². The Bertz CT molecular complexity index is 569. The number of benzene rings is 1. The van der Waals surface area contributed by atoms with Crippen molar-refractivity contribution in [2.24, 2.45) is 0 Å². The number of aryl methyl sites for hydroxylation is 1. The molecule has 0 amide bonds. The maximum absolute atomic E-state index is 9.25. The Labute approximate surface area is 125 Å². The third kappa shape index (κ3) is 4.95. The van der Waals surface area contributed by atoms with Gasteiger partial charge >= 0.3 is 0 Å². The van der Waals surface area contributed by atoms with Gasteiger partial charge in [0.25, 0.3) is 0 Å². The fraction of sp³-hybridized carbons (Fsp3) is 0.375. The van der Waals surface area contributed by atoms with Crippen LogP contribution in [0.25, 0.3) is 0 Å². The first kappa shape index (κ1) is 15.1. The smallest absolute Gasteiger partial charge is 0.224 e. The molecule has 0 spiro atoms. The van der Waals surface area contributed by atoms with Crippen molar-refractivity contribution in [1.29, 1.82) is 0 Å². The minimum atomic E-state index is 0.296. The first-order valence-corrected chi connectivity index (χ1v) is 7.28. The van der Waals surface area contributed by atoms with E-state index in [2.05, 4.69) is 27.5 Å². The van der Waals surface area contributed by atoms with Crippen molar-refractivity contribution in [3.63, 3.8) is 0 Å². The van der Waals surface area contributed by atoms with Gasteiger partial charge in [0, 0.05) is 24.8 Å². The number of phenolic OH excluding ortho intramolecular Hbond substituents is 1. The average Bonchev–Trinajstić information content (AvgIpc) is 2.47. The molecule has 3 N–H and O–H groups in total. The molecule has 0 aliphatic carbocycles. The van der Waals surface area contributed by atoms with Gasteiger partial charge in [0.1, 0.15) is 11.6 Å². The monoisotopic (exact) mass is 286 g/mol. The largest absolute Gasteiger partial charge is 0.508 e. The van der Waals surface area contributed by atoms with Crippen LogP contribution < -0.4 is 10.6 Å². The molecule has 0 saturated carbocycles. The molecule has 0 atom stereocenters. The van der Waals surface area contributed by atoms with E-state index in [1.165, 1.54) is 5.56 Å². The van der Waals surface area contributed by atoms with Gasteiger partial charge in [-0.25, -0.2) is 4.98 Å². The first-order chi connectivity index (χ1) is 10.2. The van der Waals surface area contributed by atoms with E-state index in [9.17, 15) is 5.11 Å². The molecule has 1 aromatic carbocycles. The maximum atomic E-state index is 9.25. The summed E-state index contributed by atoms with van der Waals surface area (Å²) in [6, 6.07) is 9.20. The van der Waals surface area contributed by atoms with Crippen molar-refractivity contribution in [1.82, 2.24) is 9.97 Å². The molecule has 2 aromatic rings. The predicted octanol–water partition coefficient (Wildman–Crippen LogP) is 2.97. The van der Waals surface area contributed by atoms with Gasteiger partial charge in [0.15, 0.2) is 0 Å². The molecular formula is C16H22N4O. The molecule has 1 aromatic heterocycles. The summed E-state index contributed by atoms with van der Waals surface area (Å²) in [5, 5.41) is 15.8. The molecule has 1 heterocycles. The minimum absolute atomic E-state index is 0.296. The van der Waals surface area contributed by atoms with Crippen molar-refractivity contribution in [3.8, 4) is 5.75 Å². The quantitative estimate of drug-likeness (QED) is 0.730. The predicted molar refractivity (Wildman–Crippen MR) is 85.9 cm³/mol. The van der Waals surface area contributed by atoms with Gasteiger partial charge in [-0.15, -0.1) is 0 Å². The number of aromatic hydroxyl groups is 1. The zero-order valence-electron chi connectivity index (χ0n) is 12.6. The highest BCUT2D eigenvalue weighted by atomic mass is 16.3. The van der Waals surface area contributed by atoms with E-state index >= 15 is 0 Å². The number of hydrogen-bond acceptors (Lipinski definition) is 5. The molecule has 0 unspecified atom stereocenters. The standard InChI is InChI=1S/C16H22N4O/c1-3-9-18-16-19-12(2)11-15(20-16)17-10-8-13-4-6-14(21)7-5-13/h4-7,11,21H,3,8-10H2,1-2H3,(H2,17,18,19,20). The number of rotatable bonds is 7. The van der Waals surface area contributed by atoms with Crippen LogP contribution in [-0.4, -0.2) is 28.2 Å². The van der Waals surface area contributed by atoms with Gasteiger partial charge in [-0.05, 0) is 37.5 Å². The molecule has 0 aliphatic rings. The summed E-state index contributed by atoms with van der Waals surface area (Å²) in [5.41, 5.74) is 2.12. The van der Waals surface area contributed by atoms with Gasteiger partial charge in [-0.1, -0.05) is 19.1 Å². The van der Waals surface area contributed by atoms with E-state index < -0.39 is 0 Å². The number of aromatic nitrogens is 2. The summed E-state index contributed by atoms with van der Waals surface area (Å²) < 4.78 is 0. The summed E-state index contributed by atoms with van der Waals surface area (Å²) in [6.45, 7) is 5.73. The van der Waals surface area contributed by atoms with Gasteiger partial charge in [0.2, 0.25) is 5.95 Å². The topological polar surface area (TPSA) is 70.1 Å². The van der Waals surface area contributed by atoms with Crippen LogP contribution in [-0.2, 0) is 6.42 Å². The molecule has 0 bridgehead atoms. The Hall–Kier alpha value is -2.30. The van der Waals surface area contributed by atoms with Crippen LogP contribution in [0.2, 0.25) is 0 Å². The van der Waals surface area contributed by atoms with Gasteiger partial charge in [-0.2, -0.15) is 4.98 Å². The van der Waals surface area contributed by atoms with Crippen LogP contribution in [0.4, 0.5) is 11.8 Å². The number of nitrogens with zero attached hydrogens (tertiary/aromatic N) is 2. The highest BCUT2D eigenvalue weighted by Crippen LogP contribution is 2.12. The lowest BCUT2D eigenvalue weighted by Crippen LogP contribution is -2.10. The molecule has 0 saturated heterocycles. The molecule has 5 nitrogen and oxygen atoms in total. The lowest BCUT2D eigenvalue weighted by Gasteiger charge is -2.09. The van der Waals surface area contributed by atoms with Crippen molar-refractivity contribution in [3.05, 3.63) is 41.6 Å². The summed E-state index contributed by atoms with van der Waals surface area (Å²) in [7, 11) is 0. The van der Waals surface area contributed by atoms with Crippen LogP contribution in [0.1, 0.15) is 24.6 Å². The van der Waals surface area contributed by atoms with Crippen LogP contribution in [0.3, 0.4) is 0 Å². The van der Waals surface area contributed by atoms with Gasteiger partial charge in [-0.3, -0.25) is 0 Å². The van der Waals surface area contributed by atoms with E-state index in [4.69, 9.17) is 0 Å². The fourth-order valence-corrected chi connectivity index (χ4v) is 1.97. The molecule has 0 aliphatic heterocycles. The molecule has 21 heavy (non-hydrogen) atoms. The molecular weight excluding hydrogens is 264 g/mol. The lowest BCUT2D eigenvalue weighted by atomic mass is 10.1. The fourth-order valence-electron chi connectivity index (χ4n) is 1.97. The van der Waals surface area contributed by atoms with Crippen molar-refractivity contribution in [2.45, 2.75) is 26.7 Å². The molecule has 0 fully saturated rings. The van der Waals surface area contributed by atoms with Crippen LogP contribution >= 0.6 is 0 Å². The Morgan fingerprint density at radius 2 is 1.81 bits per heavy atom. The maximum Gasteiger partial charge on any atom is 0.224 e. The SMILES string of the molecule is CCCNc1nc(C)cc(NCCc2ccc(O)cc2)n1. The number of anilines is 2. The van der Waals surface area contributed by atoms with Crippen LogP contribution in [0.15, 0.2) is 30.3 Å². The van der Waals surface area contributed by atoms with E-state index in [-0.39, 0.29) is 0 Å². The molecule has 112 valence electrons. The van der Waals surface area contributed by atoms with E-state index in [0.29, 0.717) is 11.7 Å². The third-order valence-corrected chi connectivity index (χ3v) is 3.04. The highest BCUT2D eigenvalue weighted by Gasteiger charge is 2.01. The second-order valence-corrected chi connectivity index (χ2v) is 4.99. The zero-order valence-corrected chi connectivity index (χ0v) is 12.6. The average molecular weight is 286 g/mol. The summed E-state index contributed by atoms with van der Waals surface area (Å²) in [5.74, 6) is 1.80. The van der Waals surface area contributed by atoms with E-state index in [1.54, 1.807) is 12.1 Å². The molecule has 5 heteroatoms. The van der Waals surface area contributed by atoms with Crippen molar-refractivity contribution >= 4 is 11.8 Å². The van der Waals surface area contributed by atoms with E-state index in [0.717, 1.165) is 37.4 Å². The normalized spacial score (nSPS) is 10.4. The molecule has 0 radical (unpaired) electrons. The highest BCUT2D eigenvalue weighted by molar-refractivity contribution is 5.42. The van der Waals surface area contributed by atoms with Crippen LogP contribution in [0.5, 0.6) is 5.75 Å². The number of hydrogen-bond donors (Lipinski definition) is 3. The Morgan fingerprint density at radius 1 is 1.05 bits per heavy atom. The summed E-state index contributed by atoms with van der Waals surface area (Å²) in [6.07, 6.45) is 1.92. The van der Waals surface area contributed by atoms with Crippen molar-refractivity contribution < 1.29 is 5.11 Å². The van der Waals surface area contributed by atoms with Gasteiger partial charge < -0.3 is 15.7 Å². The molecule has 2 rings (SSSR count). The number of nitrogens with one attached hydrogen (secondary N) is 2. The Morgan fingerprint density at radius 3 is 2.52 bits per heavy atom. The summed E-state index contributed by atoms with van der Waals surface area (Å²) in [4.78, 5) is 8.80. The third-order valence-electron chi connectivity index (χ3n) is 3.04. The second kappa shape index (κ2) is 7.47. The van der Waals surface area contributed by atoms with E-state index in [1.807, 2.05) is 25.1 Å². The second-order valence-electron chi connectivity index (χ2n) is 4.99. The first-order valence-electron chi connectivity index (χ1n) is 7.28. The Balaban J connectivity index is 1.90. The zero-order chi connectivity index (χ0) is 15.1. The van der Waals surface area contributed by atoms with Gasteiger partial charge in [0.05, 0.1) is 0 Å². The number of phenols is 1. The minimum Gasteiger partial charge on any atom is -0.508 e. The van der Waals surface area contributed by atoms with Crippen molar-refractivity contribution in [2.75, 3.05) is 23.7 Å². The summed E-state index contributed by atoms with van der Waals surface area (Å²) >= 11 is 0. The Kier molecular flexibility index (Phi) is 5.37.